The summed E-state index contributed by atoms with van der Waals surface area (Å²) in [5, 5.41) is 2.60. The van der Waals surface area contributed by atoms with Crippen LogP contribution in [0, 0.1) is 0 Å². The van der Waals surface area contributed by atoms with E-state index in [-0.39, 0.29) is 6.17 Å². The summed E-state index contributed by atoms with van der Waals surface area (Å²) in [4.78, 5) is 15.4. The SMILES string of the molecule is COc1ccc(C2NOC(=O)N2)cc1Br. The first-order valence-electron chi connectivity index (χ1n) is 4.27. The maximum absolute atomic E-state index is 10.8. The van der Waals surface area contributed by atoms with Crippen LogP contribution in [0.1, 0.15) is 11.7 Å². The average Bonchev–Trinajstić information content (AvgIpc) is 2.65. The number of hydroxylamine groups is 1. The number of carbonyl (C=O) groups excluding carboxylic acids is 1. The van der Waals surface area contributed by atoms with Gasteiger partial charge >= 0.3 is 6.09 Å². The van der Waals surface area contributed by atoms with E-state index in [1.54, 1.807) is 7.11 Å². The third kappa shape index (κ3) is 2.05. The molecule has 1 heterocycles. The summed E-state index contributed by atoms with van der Waals surface area (Å²) in [5.74, 6) is 0.740. The Balaban J connectivity index is 2.22. The molecule has 1 amide bonds. The van der Waals surface area contributed by atoms with Gasteiger partial charge in [0.25, 0.3) is 0 Å². The highest BCUT2D eigenvalue weighted by molar-refractivity contribution is 9.10. The molecule has 1 aliphatic rings. The molecule has 0 radical (unpaired) electrons. The molecule has 0 bridgehead atoms. The van der Waals surface area contributed by atoms with Crippen molar-refractivity contribution in [3.63, 3.8) is 0 Å². The lowest BCUT2D eigenvalue weighted by Crippen LogP contribution is -2.22. The van der Waals surface area contributed by atoms with Crippen molar-refractivity contribution in [2.75, 3.05) is 7.11 Å². The molecular formula is C9H9BrN2O3. The van der Waals surface area contributed by atoms with Crippen LogP contribution in [0.3, 0.4) is 0 Å². The fourth-order valence-electron chi connectivity index (χ4n) is 1.30. The van der Waals surface area contributed by atoms with Gasteiger partial charge in [0.2, 0.25) is 0 Å². The number of rotatable bonds is 2. The van der Waals surface area contributed by atoms with E-state index < -0.39 is 6.09 Å². The van der Waals surface area contributed by atoms with E-state index in [1.807, 2.05) is 18.2 Å². The number of methoxy groups -OCH3 is 1. The van der Waals surface area contributed by atoms with Crippen LogP contribution in [0.15, 0.2) is 22.7 Å². The Bertz CT molecular complexity index is 397. The molecule has 1 aromatic rings. The quantitative estimate of drug-likeness (QED) is 0.861. The standard InChI is InChI=1S/C9H9BrN2O3/c1-14-7-3-2-5(4-6(7)10)8-11-9(13)15-12-8/h2-4,8,12H,1H3,(H,11,13). The van der Waals surface area contributed by atoms with Crippen molar-refractivity contribution in [1.29, 1.82) is 0 Å². The first-order valence-corrected chi connectivity index (χ1v) is 5.06. The van der Waals surface area contributed by atoms with Gasteiger partial charge in [-0.25, -0.2) is 4.79 Å². The smallest absolute Gasteiger partial charge is 0.427 e. The predicted octanol–water partition coefficient (Wildman–Crippen LogP) is 1.70. The van der Waals surface area contributed by atoms with Crippen molar-refractivity contribution >= 4 is 22.0 Å². The summed E-state index contributed by atoms with van der Waals surface area (Å²) in [6.45, 7) is 0. The number of ether oxygens (including phenoxy) is 1. The zero-order chi connectivity index (χ0) is 10.8. The highest BCUT2D eigenvalue weighted by Gasteiger charge is 2.23. The first-order chi connectivity index (χ1) is 7.20. The third-order valence-electron chi connectivity index (χ3n) is 2.04. The molecule has 1 aromatic carbocycles. The Morgan fingerprint density at radius 1 is 1.53 bits per heavy atom. The van der Waals surface area contributed by atoms with Crippen LogP contribution in [-0.4, -0.2) is 13.2 Å². The average molecular weight is 273 g/mol. The maximum atomic E-state index is 10.8. The molecule has 0 saturated carbocycles. The molecule has 1 saturated heterocycles. The minimum Gasteiger partial charge on any atom is -0.496 e. The van der Waals surface area contributed by atoms with E-state index in [9.17, 15) is 4.79 Å². The molecule has 1 unspecified atom stereocenters. The largest absolute Gasteiger partial charge is 0.496 e. The second-order valence-corrected chi connectivity index (χ2v) is 3.83. The molecule has 5 nitrogen and oxygen atoms in total. The summed E-state index contributed by atoms with van der Waals surface area (Å²) in [5.41, 5.74) is 3.45. The number of halogens is 1. The number of carbonyl (C=O) groups is 1. The van der Waals surface area contributed by atoms with E-state index in [1.165, 1.54) is 0 Å². The molecular weight excluding hydrogens is 264 g/mol. The van der Waals surface area contributed by atoms with Crippen LogP contribution in [0.4, 0.5) is 4.79 Å². The number of benzene rings is 1. The van der Waals surface area contributed by atoms with Gasteiger partial charge in [-0.3, -0.25) is 5.32 Å². The van der Waals surface area contributed by atoms with Crippen molar-refractivity contribution < 1.29 is 14.4 Å². The van der Waals surface area contributed by atoms with Crippen LogP contribution in [-0.2, 0) is 4.84 Å². The van der Waals surface area contributed by atoms with Gasteiger partial charge in [-0.1, -0.05) is 6.07 Å². The Morgan fingerprint density at radius 3 is 2.87 bits per heavy atom. The number of hydrogen-bond acceptors (Lipinski definition) is 4. The molecule has 2 N–H and O–H groups in total. The fraction of sp³-hybridized carbons (Fsp3) is 0.222. The Hall–Kier alpha value is -1.27. The number of hydrogen-bond donors (Lipinski definition) is 2. The molecule has 1 aliphatic heterocycles. The second kappa shape index (κ2) is 4.08. The Labute approximate surface area is 94.8 Å². The summed E-state index contributed by atoms with van der Waals surface area (Å²) in [6, 6.07) is 5.51. The predicted molar refractivity (Wildman–Crippen MR) is 56.2 cm³/mol. The van der Waals surface area contributed by atoms with Crippen LogP contribution in [0.2, 0.25) is 0 Å². The normalized spacial score (nSPS) is 19.6. The zero-order valence-corrected chi connectivity index (χ0v) is 9.50. The summed E-state index contributed by atoms with van der Waals surface area (Å²) < 4.78 is 5.92. The Morgan fingerprint density at radius 2 is 2.33 bits per heavy atom. The second-order valence-electron chi connectivity index (χ2n) is 2.98. The van der Waals surface area contributed by atoms with Crippen molar-refractivity contribution in [3.05, 3.63) is 28.2 Å². The third-order valence-corrected chi connectivity index (χ3v) is 2.66. The first kappa shape index (κ1) is 10.3. The highest BCUT2D eigenvalue weighted by Crippen LogP contribution is 2.28. The monoisotopic (exact) mass is 272 g/mol. The number of amides is 1. The van der Waals surface area contributed by atoms with Crippen molar-refractivity contribution in [1.82, 2.24) is 10.8 Å². The van der Waals surface area contributed by atoms with Crippen LogP contribution >= 0.6 is 15.9 Å². The molecule has 0 aromatic heterocycles. The lowest BCUT2D eigenvalue weighted by Gasteiger charge is -2.10. The lowest BCUT2D eigenvalue weighted by molar-refractivity contribution is 0.121. The van der Waals surface area contributed by atoms with Crippen LogP contribution < -0.4 is 15.5 Å². The minimum atomic E-state index is -0.480. The van der Waals surface area contributed by atoms with Gasteiger partial charge in [0.05, 0.1) is 11.6 Å². The van der Waals surface area contributed by atoms with Gasteiger partial charge in [-0.05, 0) is 33.6 Å². The summed E-state index contributed by atoms with van der Waals surface area (Å²) in [6.07, 6.45) is -0.799. The molecule has 1 fully saturated rings. The minimum absolute atomic E-state index is 0.320. The molecule has 2 rings (SSSR count). The van der Waals surface area contributed by atoms with Crippen molar-refractivity contribution in [3.8, 4) is 5.75 Å². The summed E-state index contributed by atoms with van der Waals surface area (Å²) >= 11 is 3.36. The number of nitrogens with one attached hydrogen (secondary N) is 2. The molecule has 15 heavy (non-hydrogen) atoms. The van der Waals surface area contributed by atoms with E-state index in [2.05, 4.69) is 31.6 Å². The van der Waals surface area contributed by atoms with Gasteiger partial charge in [0, 0.05) is 0 Å². The highest BCUT2D eigenvalue weighted by atomic mass is 79.9. The van der Waals surface area contributed by atoms with Gasteiger partial charge in [0.1, 0.15) is 11.9 Å². The Kier molecular flexibility index (Phi) is 2.79. The molecule has 0 aliphatic carbocycles. The topological polar surface area (TPSA) is 59.6 Å². The molecule has 6 heteroatoms. The van der Waals surface area contributed by atoms with Crippen molar-refractivity contribution in [2.45, 2.75) is 6.17 Å². The van der Waals surface area contributed by atoms with E-state index in [4.69, 9.17) is 4.74 Å². The van der Waals surface area contributed by atoms with Gasteiger partial charge in [0.15, 0.2) is 0 Å². The van der Waals surface area contributed by atoms with E-state index in [0.717, 1.165) is 15.8 Å². The van der Waals surface area contributed by atoms with Gasteiger partial charge in [-0.2, -0.15) is 0 Å². The van der Waals surface area contributed by atoms with E-state index in [0.29, 0.717) is 0 Å². The van der Waals surface area contributed by atoms with Crippen LogP contribution in [0.25, 0.3) is 0 Å². The fourth-order valence-corrected chi connectivity index (χ4v) is 1.86. The van der Waals surface area contributed by atoms with Crippen molar-refractivity contribution in [2.24, 2.45) is 0 Å². The van der Waals surface area contributed by atoms with Crippen LogP contribution in [0.5, 0.6) is 5.75 Å². The maximum Gasteiger partial charge on any atom is 0.427 e. The molecule has 1 atom stereocenters. The van der Waals surface area contributed by atoms with Gasteiger partial charge < -0.3 is 9.57 Å². The zero-order valence-electron chi connectivity index (χ0n) is 7.91. The lowest BCUT2D eigenvalue weighted by atomic mass is 10.2. The van der Waals surface area contributed by atoms with Gasteiger partial charge in [-0.15, -0.1) is 5.48 Å². The molecule has 0 spiro atoms. The summed E-state index contributed by atoms with van der Waals surface area (Å²) in [7, 11) is 1.60. The molecule has 80 valence electrons. The van der Waals surface area contributed by atoms with E-state index >= 15 is 0 Å².